The Hall–Kier alpha value is -2.44. The molecule has 142 valence electrons. The first kappa shape index (κ1) is 19.3. The second-order valence-corrected chi connectivity index (χ2v) is 8.02. The Balaban J connectivity index is 1.79. The molecule has 0 saturated heterocycles. The minimum absolute atomic E-state index is 0.0112. The second-order valence-electron chi connectivity index (χ2n) is 7.04. The van der Waals surface area contributed by atoms with Crippen LogP contribution in [0.5, 0.6) is 0 Å². The summed E-state index contributed by atoms with van der Waals surface area (Å²) in [6.45, 7) is 7.91. The molecule has 1 aromatic carbocycles. The number of benzene rings is 1. The molecule has 0 fully saturated rings. The molecule has 0 radical (unpaired) electrons. The SMILES string of the molecule is Cc1ccc([C@H]([NH2+][C@@H](C)C(=O)Nc2c(C)nn(C)c2C)c2cccs2)cc1. The van der Waals surface area contributed by atoms with Crippen molar-refractivity contribution in [3.8, 4) is 0 Å². The molecule has 0 bridgehead atoms. The molecule has 0 aliphatic rings. The van der Waals surface area contributed by atoms with Gasteiger partial charge in [0, 0.05) is 12.6 Å². The zero-order valence-electron chi connectivity index (χ0n) is 16.5. The van der Waals surface area contributed by atoms with E-state index in [9.17, 15) is 4.79 Å². The van der Waals surface area contributed by atoms with Gasteiger partial charge >= 0.3 is 0 Å². The second kappa shape index (κ2) is 8.06. The lowest BCUT2D eigenvalue weighted by Crippen LogP contribution is -2.92. The molecule has 27 heavy (non-hydrogen) atoms. The number of rotatable bonds is 6. The van der Waals surface area contributed by atoms with Crippen LogP contribution in [0.1, 0.15) is 40.4 Å². The molecule has 1 amide bonds. The maximum absolute atomic E-state index is 12.8. The highest BCUT2D eigenvalue weighted by atomic mass is 32.1. The lowest BCUT2D eigenvalue weighted by atomic mass is 10.0. The molecule has 0 aliphatic heterocycles. The molecule has 2 heterocycles. The predicted molar refractivity (Wildman–Crippen MR) is 110 cm³/mol. The van der Waals surface area contributed by atoms with Crippen molar-refractivity contribution in [2.45, 2.75) is 39.8 Å². The summed E-state index contributed by atoms with van der Waals surface area (Å²) in [5.74, 6) is -0.0112. The fourth-order valence-electron chi connectivity index (χ4n) is 3.18. The number of nitrogens with zero attached hydrogens (tertiary/aromatic N) is 2. The number of carbonyl (C=O) groups is 1. The number of hydrogen-bond donors (Lipinski definition) is 2. The number of nitrogens with two attached hydrogens (primary N) is 1. The van der Waals surface area contributed by atoms with Gasteiger partial charge in [-0.25, -0.2) is 0 Å². The zero-order chi connectivity index (χ0) is 19.6. The van der Waals surface area contributed by atoms with E-state index in [4.69, 9.17) is 0 Å². The Morgan fingerprint density at radius 2 is 1.89 bits per heavy atom. The first-order valence-electron chi connectivity index (χ1n) is 9.13. The highest BCUT2D eigenvalue weighted by Crippen LogP contribution is 2.23. The van der Waals surface area contributed by atoms with Crippen molar-refractivity contribution in [1.82, 2.24) is 9.78 Å². The first-order chi connectivity index (χ1) is 12.9. The summed E-state index contributed by atoms with van der Waals surface area (Å²) >= 11 is 1.72. The van der Waals surface area contributed by atoms with Gasteiger partial charge in [0.15, 0.2) is 6.04 Å². The fourth-order valence-corrected chi connectivity index (χ4v) is 4.01. The van der Waals surface area contributed by atoms with Gasteiger partial charge in [-0.1, -0.05) is 35.9 Å². The summed E-state index contributed by atoms with van der Waals surface area (Å²) in [7, 11) is 1.89. The standard InChI is InChI=1S/C21H26N4OS/c1-13-8-10-17(11-9-13)20(18-7-6-12-27-18)22-15(3)21(26)23-19-14(2)24-25(5)16(19)4/h6-12,15,20,22H,1-5H3,(H,23,26)/p+1/t15-,20-/m0/s1. The number of carbonyl (C=O) groups excluding carboxylic acids is 1. The lowest BCUT2D eigenvalue weighted by Gasteiger charge is -2.19. The van der Waals surface area contributed by atoms with Crippen LogP contribution in [0.4, 0.5) is 5.69 Å². The minimum Gasteiger partial charge on any atom is -0.326 e. The molecule has 0 aliphatic carbocycles. The van der Waals surface area contributed by atoms with Gasteiger partial charge in [-0.2, -0.15) is 5.10 Å². The van der Waals surface area contributed by atoms with Gasteiger partial charge in [-0.15, -0.1) is 11.3 Å². The number of aryl methyl sites for hydroxylation is 3. The zero-order valence-corrected chi connectivity index (χ0v) is 17.3. The van der Waals surface area contributed by atoms with Gasteiger partial charge in [0.2, 0.25) is 0 Å². The molecule has 0 unspecified atom stereocenters. The van der Waals surface area contributed by atoms with E-state index in [1.54, 1.807) is 16.0 Å². The first-order valence-corrected chi connectivity index (χ1v) is 10.0. The summed E-state index contributed by atoms with van der Waals surface area (Å²) in [6, 6.07) is 12.6. The summed E-state index contributed by atoms with van der Waals surface area (Å²) in [5, 5.41) is 11.6. The normalized spacial score (nSPS) is 13.4. The quantitative estimate of drug-likeness (QED) is 0.687. The summed E-state index contributed by atoms with van der Waals surface area (Å²) in [4.78, 5) is 14.1. The summed E-state index contributed by atoms with van der Waals surface area (Å²) in [5.41, 5.74) is 5.05. The van der Waals surface area contributed by atoms with Gasteiger partial charge in [0.1, 0.15) is 6.04 Å². The van der Waals surface area contributed by atoms with Crippen molar-refractivity contribution in [3.05, 3.63) is 69.2 Å². The monoisotopic (exact) mass is 383 g/mol. The van der Waals surface area contributed by atoms with E-state index in [1.165, 1.54) is 16.0 Å². The van der Waals surface area contributed by atoms with Crippen molar-refractivity contribution < 1.29 is 10.1 Å². The molecule has 0 spiro atoms. The van der Waals surface area contributed by atoms with Gasteiger partial charge in [-0.3, -0.25) is 9.48 Å². The third kappa shape index (κ3) is 4.28. The van der Waals surface area contributed by atoms with Crippen LogP contribution in [-0.4, -0.2) is 21.7 Å². The molecular weight excluding hydrogens is 356 g/mol. The smallest absolute Gasteiger partial charge is 0.282 e. The van der Waals surface area contributed by atoms with E-state index in [0.717, 1.165) is 17.1 Å². The Kier molecular flexibility index (Phi) is 5.77. The van der Waals surface area contributed by atoms with Gasteiger partial charge in [-0.05, 0) is 39.1 Å². The van der Waals surface area contributed by atoms with Crippen molar-refractivity contribution >= 4 is 22.9 Å². The number of thiophene rings is 1. The molecule has 2 atom stereocenters. The Bertz CT molecular complexity index is 913. The summed E-state index contributed by atoms with van der Waals surface area (Å²) < 4.78 is 1.79. The van der Waals surface area contributed by atoms with Crippen molar-refractivity contribution in [3.63, 3.8) is 0 Å². The van der Waals surface area contributed by atoms with Gasteiger partial charge in [0.05, 0.1) is 22.0 Å². The van der Waals surface area contributed by atoms with E-state index in [2.05, 4.69) is 64.4 Å². The van der Waals surface area contributed by atoms with Crippen LogP contribution in [0.2, 0.25) is 0 Å². The molecule has 0 saturated carbocycles. The van der Waals surface area contributed by atoms with Gasteiger partial charge < -0.3 is 10.6 Å². The highest BCUT2D eigenvalue weighted by Gasteiger charge is 2.26. The Morgan fingerprint density at radius 1 is 1.19 bits per heavy atom. The summed E-state index contributed by atoms with van der Waals surface area (Å²) in [6.07, 6.45) is 0. The van der Waals surface area contributed by atoms with E-state index < -0.39 is 0 Å². The number of quaternary nitrogens is 1. The van der Waals surface area contributed by atoms with Crippen LogP contribution in [0.25, 0.3) is 0 Å². The molecular formula is C21H27N4OS+. The number of amides is 1. The molecule has 6 heteroatoms. The van der Waals surface area contributed by atoms with E-state index in [0.29, 0.717) is 0 Å². The Labute approximate surface area is 164 Å². The molecule has 3 rings (SSSR count). The Morgan fingerprint density at radius 3 is 2.44 bits per heavy atom. The van der Waals surface area contributed by atoms with Crippen LogP contribution < -0.4 is 10.6 Å². The van der Waals surface area contributed by atoms with E-state index in [-0.39, 0.29) is 18.0 Å². The van der Waals surface area contributed by atoms with Crippen molar-refractivity contribution in [1.29, 1.82) is 0 Å². The van der Waals surface area contributed by atoms with Crippen molar-refractivity contribution in [2.24, 2.45) is 7.05 Å². The molecule has 5 nitrogen and oxygen atoms in total. The largest absolute Gasteiger partial charge is 0.326 e. The van der Waals surface area contributed by atoms with Gasteiger partial charge in [0.25, 0.3) is 5.91 Å². The number of anilines is 1. The average molecular weight is 384 g/mol. The van der Waals surface area contributed by atoms with Crippen LogP contribution in [0.3, 0.4) is 0 Å². The topological polar surface area (TPSA) is 63.5 Å². The number of hydrogen-bond acceptors (Lipinski definition) is 3. The van der Waals surface area contributed by atoms with Crippen LogP contribution in [-0.2, 0) is 11.8 Å². The van der Waals surface area contributed by atoms with E-state index in [1.807, 2.05) is 27.8 Å². The third-order valence-corrected chi connectivity index (χ3v) is 5.89. The van der Waals surface area contributed by atoms with E-state index >= 15 is 0 Å². The lowest BCUT2D eigenvalue weighted by molar-refractivity contribution is -0.703. The molecule has 3 N–H and O–H groups in total. The maximum Gasteiger partial charge on any atom is 0.282 e. The third-order valence-electron chi connectivity index (χ3n) is 4.94. The van der Waals surface area contributed by atoms with Crippen LogP contribution in [0, 0.1) is 20.8 Å². The van der Waals surface area contributed by atoms with Crippen LogP contribution >= 0.6 is 11.3 Å². The predicted octanol–water partition coefficient (Wildman–Crippen LogP) is 3.09. The molecule has 3 aromatic rings. The van der Waals surface area contributed by atoms with Crippen LogP contribution in [0.15, 0.2) is 41.8 Å². The fraction of sp³-hybridized carbons (Fsp3) is 0.333. The maximum atomic E-state index is 12.8. The molecule has 2 aromatic heterocycles. The highest BCUT2D eigenvalue weighted by molar-refractivity contribution is 7.10. The van der Waals surface area contributed by atoms with Crippen molar-refractivity contribution in [2.75, 3.05) is 5.32 Å². The minimum atomic E-state index is -0.239. The number of nitrogens with one attached hydrogen (secondary N) is 1. The average Bonchev–Trinajstić information content (AvgIpc) is 3.25. The number of aromatic nitrogens is 2.